The highest BCUT2D eigenvalue weighted by molar-refractivity contribution is 5.68. The van der Waals surface area contributed by atoms with Crippen LogP contribution in [0.1, 0.15) is 16.7 Å². The smallest absolute Gasteiger partial charge is 0.152 e. The van der Waals surface area contributed by atoms with Gasteiger partial charge in [-0.2, -0.15) is 0 Å². The number of nitrogens with zero attached hydrogens (tertiary/aromatic N) is 1. The molecular weight excluding hydrogens is 238 g/mol. The Morgan fingerprint density at radius 1 is 0.737 bits per heavy atom. The van der Waals surface area contributed by atoms with Crippen LogP contribution in [0.4, 0.5) is 0 Å². The normalized spacial score (nSPS) is 10.9. The first-order chi connectivity index (χ1) is 9.18. The van der Waals surface area contributed by atoms with Crippen LogP contribution in [0.2, 0.25) is 0 Å². The Morgan fingerprint density at radius 2 is 1.21 bits per heavy atom. The highest BCUT2D eigenvalue weighted by Crippen LogP contribution is 2.32. The van der Waals surface area contributed by atoms with Crippen LogP contribution in [0.25, 0.3) is 22.9 Å². The highest BCUT2D eigenvalue weighted by atomic mass is 16.3. The predicted molar refractivity (Wildman–Crippen MR) is 73.9 cm³/mol. The SMILES string of the molecule is Cc1c(-c2ccco2)nc(-c2ccco2)c(C)c1C. The molecule has 0 radical (unpaired) electrons. The molecule has 19 heavy (non-hydrogen) atoms. The molecule has 3 aromatic rings. The van der Waals surface area contributed by atoms with Crippen molar-refractivity contribution >= 4 is 0 Å². The van der Waals surface area contributed by atoms with Crippen molar-refractivity contribution in [2.75, 3.05) is 0 Å². The molecule has 0 aromatic carbocycles. The minimum atomic E-state index is 0.786. The van der Waals surface area contributed by atoms with Gasteiger partial charge in [-0.05, 0) is 61.7 Å². The lowest BCUT2D eigenvalue weighted by molar-refractivity contribution is 0.575. The van der Waals surface area contributed by atoms with Crippen LogP contribution in [0.5, 0.6) is 0 Å². The van der Waals surface area contributed by atoms with E-state index in [0.717, 1.165) is 34.0 Å². The van der Waals surface area contributed by atoms with Gasteiger partial charge in [0.2, 0.25) is 0 Å². The molecule has 96 valence electrons. The first kappa shape index (κ1) is 11.8. The lowest BCUT2D eigenvalue weighted by Gasteiger charge is -2.12. The summed E-state index contributed by atoms with van der Waals surface area (Å²) in [5.41, 5.74) is 5.25. The van der Waals surface area contributed by atoms with E-state index in [9.17, 15) is 0 Å². The molecule has 0 aliphatic carbocycles. The fourth-order valence-corrected chi connectivity index (χ4v) is 2.22. The summed E-state index contributed by atoms with van der Waals surface area (Å²) in [6, 6.07) is 7.60. The van der Waals surface area contributed by atoms with Gasteiger partial charge in [0.05, 0.1) is 12.5 Å². The zero-order valence-electron chi connectivity index (χ0n) is 11.2. The summed E-state index contributed by atoms with van der Waals surface area (Å²) in [6.45, 7) is 6.24. The summed E-state index contributed by atoms with van der Waals surface area (Å²) in [5.74, 6) is 1.57. The molecule has 0 N–H and O–H groups in total. The molecule has 3 heterocycles. The zero-order chi connectivity index (χ0) is 13.4. The minimum absolute atomic E-state index is 0.786. The lowest BCUT2D eigenvalue weighted by atomic mass is 9.99. The molecule has 0 atom stereocenters. The second-order valence-corrected chi connectivity index (χ2v) is 4.64. The van der Waals surface area contributed by atoms with E-state index >= 15 is 0 Å². The molecule has 3 heteroatoms. The Balaban J connectivity index is 2.27. The summed E-state index contributed by atoms with van der Waals surface area (Å²) in [4.78, 5) is 4.73. The van der Waals surface area contributed by atoms with Gasteiger partial charge in [0.25, 0.3) is 0 Å². The average molecular weight is 253 g/mol. The second-order valence-electron chi connectivity index (χ2n) is 4.64. The number of hydrogen-bond acceptors (Lipinski definition) is 3. The quantitative estimate of drug-likeness (QED) is 0.673. The van der Waals surface area contributed by atoms with E-state index in [2.05, 4.69) is 20.8 Å². The molecule has 3 nitrogen and oxygen atoms in total. The van der Waals surface area contributed by atoms with E-state index in [1.807, 2.05) is 24.3 Å². The molecule has 0 aliphatic heterocycles. The molecule has 0 amide bonds. The Labute approximate surface area is 111 Å². The highest BCUT2D eigenvalue weighted by Gasteiger charge is 2.16. The van der Waals surface area contributed by atoms with Crippen molar-refractivity contribution in [2.45, 2.75) is 20.8 Å². The van der Waals surface area contributed by atoms with Crippen LogP contribution < -0.4 is 0 Å². The molecule has 3 aromatic heterocycles. The molecule has 0 saturated carbocycles. The monoisotopic (exact) mass is 253 g/mol. The fraction of sp³-hybridized carbons (Fsp3) is 0.188. The molecule has 0 fully saturated rings. The van der Waals surface area contributed by atoms with Crippen molar-refractivity contribution < 1.29 is 8.83 Å². The average Bonchev–Trinajstić information content (AvgIpc) is 3.08. The van der Waals surface area contributed by atoms with Gasteiger partial charge in [0.1, 0.15) is 11.4 Å². The predicted octanol–water partition coefficient (Wildman–Crippen LogP) is 4.53. The van der Waals surface area contributed by atoms with Gasteiger partial charge in [0, 0.05) is 0 Å². The van der Waals surface area contributed by atoms with Gasteiger partial charge < -0.3 is 8.83 Å². The fourth-order valence-electron chi connectivity index (χ4n) is 2.22. The molecular formula is C16H15NO2. The van der Waals surface area contributed by atoms with E-state index in [1.54, 1.807) is 12.5 Å². The Hall–Kier alpha value is -2.29. The van der Waals surface area contributed by atoms with E-state index in [1.165, 1.54) is 5.56 Å². The third-order valence-corrected chi connectivity index (χ3v) is 3.57. The molecule has 0 spiro atoms. The topological polar surface area (TPSA) is 39.2 Å². The molecule has 0 bridgehead atoms. The largest absolute Gasteiger partial charge is 0.463 e. The van der Waals surface area contributed by atoms with Gasteiger partial charge in [-0.1, -0.05) is 0 Å². The number of pyridine rings is 1. The maximum absolute atomic E-state index is 5.47. The van der Waals surface area contributed by atoms with Crippen LogP contribution in [-0.4, -0.2) is 4.98 Å². The van der Waals surface area contributed by atoms with Crippen LogP contribution in [0, 0.1) is 20.8 Å². The number of hydrogen-bond donors (Lipinski definition) is 0. The van der Waals surface area contributed by atoms with Crippen molar-refractivity contribution in [3.05, 3.63) is 53.5 Å². The van der Waals surface area contributed by atoms with Crippen molar-refractivity contribution in [1.29, 1.82) is 0 Å². The summed E-state index contributed by atoms with van der Waals surface area (Å²) in [6.07, 6.45) is 3.33. The summed E-state index contributed by atoms with van der Waals surface area (Å²) in [5, 5.41) is 0. The van der Waals surface area contributed by atoms with E-state index in [-0.39, 0.29) is 0 Å². The van der Waals surface area contributed by atoms with Gasteiger partial charge in [-0.3, -0.25) is 0 Å². The molecule has 0 aliphatic rings. The van der Waals surface area contributed by atoms with Crippen molar-refractivity contribution in [3.8, 4) is 22.9 Å². The first-order valence-electron chi connectivity index (χ1n) is 6.24. The lowest BCUT2D eigenvalue weighted by Crippen LogP contribution is -1.98. The first-order valence-corrected chi connectivity index (χ1v) is 6.24. The van der Waals surface area contributed by atoms with E-state index < -0.39 is 0 Å². The molecule has 0 saturated heterocycles. The maximum atomic E-state index is 5.47. The van der Waals surface area contributed by atoms with Gasteiger partial charge >= 0.3 is 0 Å². The standard InChI is InChI=1S/C16H15NO2/c1-10-11(2)15(13-6-4-8-18-13)17-16(12(10)3)14-7-5-9-19-14/h4-9H,1-3H3. The van der Waals surface area contributed by atoms with Gasteiger partial charge in [-0.25, -0.2) is 4.98 Å². The number of aromatic nitrogens is 1. The molecule has 0 unspecified atom stereocenters. The Morgan fingerprint density at radius 3 is 1.58 bits per heavy atom. The second kappa shape index (κ2) is 4.43. The zero-order valence-corrected chi connectivity index (χ0v) is 11.2. The van der Waals surface area contributed by atoms with Crippen molar-refractivity contribution in [2.24, 2.45) is 0 Å². The van der Waals surface area contributed by atoms with Crippen LogP contribution in [0.15, 0.2) is 45.6 Å². The van der Waals surface area contributed by atoms with Crippen LogP contribution >= 0.6 is 0 Å². The van der Waals surface area contributed by atoms with E-state index in [4.69, 9.17) is 13.8 Å². The van der Waals surface area contributed by atoms with Gasteiger partial charge in [0.15, 0.2) is 11.5 Å². The third-order valence-electron chi connectivity index (χ3n) is 3.57. The maximum Gasteiger partial charge on any atom is 0.152 e. The Kier molecular flexibility index (Phi) is 2.75. The van der Waals surface area contributed by atoms with Crippen LogP contribution in [0.3, 0.4) is 0 Å². The third kappa shape index (κ3) is 1.87. The van der Waals surface area contributed by atoms with E-state index in [0.29, 0.717) is 0 Å². The summed E-state index contributed by atoms with van der Waals surface area (Å²) in [7, 11) is 0. The number of rotatable bonds is 2. The molecule has 3 rings (SSSR count). The summed E-state index contributed by atoms with van der Waals surface area (Å²) < 4.78 is 10.9. The van der Waals surface area contributed by atoms with Gasteiger partial charge in [-0.15, -0.1) is 0 Å². The Bertz CT molecular complexity index is 636. The van der Waals surface area contributed by atoms with Crippen molar-refractivity contribution in [1.82, 2.24) is 4.98 Å². The summed E-state index contributed by atoms with van der Waals surface area (Å²) >= 11 is 0. The number of furan rings is 2. The van der Waals surface area contributed by atoms with Crippen molar-refractivity contribution in [3.63, 3.8) is 0 Å². The van der Waals surface area contributed by atoms with Crippen LogP contribution in [-0.2, 0) is 0 Å². The minimum Gasteiger partial charge on any atom is -0.463 e.